The van der Waals surface area contributed by atoms with Crippen LogP contribution in [-0.2, 0) is 5.41 Å². The smallest absolute Gasteiger partial charge is 0.0726 e. The summed E-state index contributed by atoms with van der Waals surface area (Å²) in [6.07, 6.45) is 0. The van der Waals surface area contributed by atoms with E-state index < -0.39 is 0 Å². The van der Waals surface area contributed by atoms with Gasteiger partial charge in [0.15, 0.2) is 0 Å². The summed E-state index contributed by atoms with van der Waals surface area (Å²) in [6.45, 7) is 0. The Morgan fingerprint density at radius 2 is 0.652 bits per heavy atom. The van der Waals surface area contributed by atoms with Gasteiger partial charge in [-0.15, -0.1) is 0 Å². The van der Waals surface area contributed by atoms with Crippen molar-refractivity contribution in [3.8, 4) is 22.3 Å². The Kier molecular flexibility index (Phi) is 5.27. The van der Waals surface area contributed by atoms with Gasteiger partial charge in [0.1, 0.15) is 0 Å². The standard InChI is InChI=1S/C45H29N/c1-3-13-32-27-34(23-21-30(32)11-1)46(35-24-22-31-12-2-4-14-33(31)28-35)36-25-26-40-39-17-7-10-20-43(39)45(44(40)29-36)41-18-8-5-15-37(41)38-16-6-9-19-42(38)45/h1-29H. The quantitative estimate of drug-likeness (QED) is 0.200. The minimum absolute atomic E-state index is 0.381. The maximum atomic E-state index is 2.47. The zero-order valence-corrected chi connectivity index (χ0v) is 25.2. The monoisotopic (exact) mass is 583 g/mol. The van der Waals surface area contributed by atoms with E-state index in [1.165, 1.54) is 66.1 Å². The van der Waals surface area contributed by atoms with Gasteiger partial charge in [-0.2, -0.15) is 0 Å². The average molecular weight is 584 g/mol. The van der Waals surface area contributed by atoms with E-state index in [1.54, 1.807) is 0 Å². The van der Waals surface area contributed by atoms with Crippen molar-refractivity contribution in [1.29, 1.82) is 0 Å². The molecule has 0 N–H and O–H groups in total. The van der Waals surface area contributed by atoms with E-state index in [-0.39, 0.29) is 5.41 Å². The molecule has 0 fully saturated rings. The summed E-state index contributed by atoms with van der Waals surface area (Å²) in [5.41, 5.74) is 13.8. The normalized spacial score (nSPS) is 13.4. The molecular weight excluding hydrogens is 555 g/mol. The van der Waals surface area contributed by atoms with E-state index in [4.69, 9.17) is 0 Å². The molecule has 0 aliphatic heterocycles. The third-order valence-electron chi connectivity index (χ3n) is 10.2. The molecule has 2 aliphatic rings. The first kappa shape index (κ1) is 25.4. The van der Waals surface area contributed by atoms with Gasteiger partial charge in [0, 0.05) is 17.1 Å². The molecule has 46 heavy (non-hydrogen) atoms. The molecule has 1 nitrogen and oxygen atoms in total. The number of hydrogen-bond donors (Lipinski definition) is 0. The Labute approximate surface area is 268 Å². The number of anilines is 3. The van der Waals surface area contributed by atoms with Gasteiger partial charge in [-0.05, 0) is 102 Å². The van der Waals surface area contributed by atoms with E-state index >= 15 is 0 Å². The van der Waals surface area contributed by atoms with Crippen LogP contribution in [0.3, 0.4) is 0 Å². The minimum atomic E-state index is -0.381. The second-order valence-electron chi connectivity index (χ2n) is 12.5. The Bertz CT molecular complexity index is 2360. The second kappa shape index (κ2) is 9.54. The first-order valence-electron chi connectivity index (χ1n) is 16.0. The van der Waals surface area contributed by atoms with Crippen molar-refractivity contribution in [3.05, 3.63) is 198 Å². The topological polar surface area (TPSA) is 3.24 Å². The molecule has 10 rings (SSSR count). The van der Waals surface area contributed by atoms with Crippen molar-refractivity contribution in [2.24, 2.45) is 0 Å². The fourth-order valence-corrected chi connectivity index (χ4v) is 8.30. The first-order valence-corrected chi connectivity index (χ1v) is 16.0. The van der Waals surface area contributed by atoms with Gasteiger partial charge in [0.25, 0.3) is 0 Å². The van der Waals surface area contributed by atoms with E-state index in [2.05, 4.69) is 181 Å². The summed E-state index contributed by atoms with van der Waals surface area (Å²) in [6, 6.07) is 65.1. The van der Waals surface area contributed by atoms with Gasteiger partial charge in [-0.1, -0.05) is 140 Å². The van der Waals surface area contributed by atoms with Gasteiger partial charge < -0.3 is 4.90 Å². The molecule has 0 aromatic heterocycles. The van der Waals surface area contributed by atoms with Crippen LogP contribution in [0.15, 0.2) is 176 Å². The molecule has 0 bridgehead atoms. The molecule has 0 unspecified atom stereocenters. The lowest BCUT2D eigenvalue weighted by Gasteiger charge is -2.32. The Morgan fingerprint density at radius 3 is 1.15 bits per heavy atom. The summed E-state index contributed by atoms with van der Waals surface area (Å²) in [5, 5.41) is 4.95. The van der Waals surface area contributed by atoms with Crippen LogP contribution in [-0.4, -0.2) is 0 Å². The fraction of sp³-hybridized carbons (Fsp3) is 0.0222. The number of nitrogens with zero attached hydrogens (tertiary/aromatic N) is 1. The summed E-state index contributed by atoms with van der Waals surface area (Å²) < 4.78 is 0. The van der Waals surface area contributed by atoms with Gasteiger partial charge >= 0.3 is 0 Å². The SMILES string of the molecule is c1ccc2c(c1)-c1ccccc1C21c2ccccc2-c2ccc(N(c3ccc4ccccc4c3)c3ccc4ccccc4c3)cc21. The van der Waals surface area contributed by atoms with Crippen LogP contribution >= 0.6 is 0 Å². The highest BCUT2D eigenvalue weighted by molar-refractivity contribution is 5.97. The maximum absolute atomic E-state index is 2.47. The van der Waals surface area contributed by atoms with Crippen molar-refractivity contribution in [2.75, 3.05) is 4.90 Å². The molecule has 1 heteroatoms. The van der Waals surface area contributed by atoms with Gasteiger partial charge in [-0.25, -0.2) is 0 Å². The van der Waals surface area contributed by atoms with Crippen LogP contribution in [0.5, 0.6) is 0 Å². The zero-order chi connectivity index (χ0) is 30.2. The van der Waals surface area contributed by atoms with Gasteiger partial charge in [-0.3, -0.25) is 0 Å². The molecule has 0 saturated carbocycles. The molecule has 0 amide bonds. The molecule has 0 atom stereocenters. The number of benzene rings is 8. The summed E-state index contributed by atoms with van der Waals surface area (Å²) in [5.74, 6) is 0. The zero-order valence-electron chi connectivity index (χ0n) is 25.2. The third-order valence-corrected chi connectivity index (χ3v) is 10.2. The van der Waals surface area contributed by atoms with Crippen LogP contribution in [0.1, 0.15) is 22.3 Å². The Hall–Kier alpha value is -5.92. The van der Waals surface area contributed by atoms with Crippen LogP contribution in [0.25, 0.3) is 43.8 Å². The van der Waals surface area contributed by atoms with Crippen molar-refractivity contribution in [2.45, 2.75) is 5.41 Å². The van der Waals surface area contributed by atoms with Crippen LogP contribution in [0, 0.1) is 0 Å². The molecule has 0 saturated heterocycles. The lowest BCUT2D eigenvalue weighted by atomic mass is 9.70. The predicted octanol–water partition coefficient (Wildman–Crippen LogP) is 11.8. The molecule has 214 valence electrons. The fourth-order valence-electron chi connectivity index (χ4n) is 8.30. The highest BCUT2D eigenvalue weighted by Crippen LogP contribution is 2.63. The largest absolute Gasteiger partial charge is 0.310 e. The Balaban J connectivity index is 1.27. The third kappa shape index (κ3) is 3.40. The maximum Gasteiger partial charge on any atom is 0.0726 e. The molecule has 8 aromatic carbocycles. The lowest BCUT2D eigenvalue weighted by Crippen LogP contribution is -2.26. The van der Waals surface area contributed by atoms with Crippen molar-refractivity contribution in [1.82, 2.24) is 0 Å². The Morgan fingerprint density at radius 1 is 0.283 bits per heavy atom. The van der Waals surface area contributed by atoms with Crippen LogP contribution in [0.4, 0.5) is 17.1 Å². The summed E-state index contributed by atoms with van der Waals surface area (Å²) in [4.78, 5) is 2.43. The van der Waals surface area contributed by atoms with Gasteiger partial charge in [0.05, 0.1) is 5.41 Å². The first-order chi connectivity index (χ1) is 22.8. The minimum Gasteiger partial charge on any atom is -0.310 e. The highest BCUT2D eigenvalue weighted by Gasteiger charge is 2.51. The van der Waals surface area contributed by atoms with E-state index in [1.807, 2.05) is 0 Å². The van der Waals surface area contributed by atoms with Crippen LogP contribution in [0.2, 0.25) is 0 Å². The number of fused-ring (bicyclic) bond motifs is 12. The summed E-state index contributed by atoms with van der Waals surface area (Å²) >= 11 is 0. The highest BCUT2D eigenvalue weighted by atomic mass is 15.1. The van der Waals surface area contributed by atoms with Crippen molar-refractivity contribution >= 4 is 38.6 Å². The summed E-state index contributed by atoms with van der Waals surface area (Å²) in [7, 11) is 0. The molecular formula is C45H29N. The molecule has 2 aliphatic carbocycles. The van der Waals surface area contributed by atoms with Gasteiger partial charge in [0.2, 0.25) is 0 Å². The molecule has 1 spiro atoms. The van der Waals surface area contributed by atoms with E-state index in [9.17, 15) is 0 Å². The van der Waals surface area contributed by atoms with E-state index in [0.717, 1.165) is 17.1 Å². The predicted molar refractivity (Wildman–Crippen MR) is 192 cm³/mol. The average Bonchev–Trinajstić information content (AvgIpc) is 3.59. The number of hydrogen-bond acceptors (Lipinski definition) is 1. The van der Waals surface area contributed by atoms with E-state index in [0.29, 0.717) is 0 Å². The number of rotatable bonds is 3. The van der Waals surface area contributed by atoms with Crippen molar-refractivity contribution in [3.63, 3.8) is 0 Å². The van der Waals surface area contributed by atoms with Crippen LogP contribution < -0.4 is 4.90 Å². The van der Waals surface area contributed by atoms with Crippen molar-refractivity contribution < 1.29 is 0 Å². The molecule has 0 radical (unpaired) electrons. The lowest BCUT2D eigenvalue weighted by molar-refractivity contribution is 0.793. The molecule has 0 heterocycles. The molecule has 8 aromatic rings. The second-order valence-corrected chi connectivity index (χ2v) is 12.5.